The lowest BCUT2D eigenvalue weighted by atomic mass is 9.76. The molecule has 3 heteroatoms. The molecular weight excluding hydrogens is 318 g/mol. The van der Waals surface area contributed by atoms with Gasteiger partial charge >= 0.3 is 0 Å². The Bertz CT molecular complexity index is 1030. The summed E-state index contributed by atoms with van der Waals surface area (Å²) in [6.45, 7) is 1.19. The number of nitrogens with zero attached hydrogens (tertiary/aromatic N) is 1. The van der Waals surface area contributed by atoms with Crippen molar-refractivity contribution in [2.75, 3.05) is 6.54 Å². The van der Waals surface area contributed by atoms with Gasteiger partial charge in [-0.15, -0.1) is 0 Å². The molecule has 2 atom stereocenters. The third-order valence-electron chi connectivity index (χ3n) is 6.01. The second-order valence-electron chi connectivity index (χ2n) is 7.58. The van der Waals surface area contributed by atoms with Gasteiger partial charge in [0.1, 0.15) is 0 Å². The molecule has 0 amide bonds. The summed E-state index contributed by atoms with van der Waals surface area (Å²) >= 11 is 0. The van der Waals surface area contributed by atoms with Crippen molar-refractivity contribution in [1.29, 1.82) is 0 Å². The SMILES string of the molecule is Cn1cc2c3c(cccc31)[C@H]1CCCN[C@@H]1C2.c1ccc2[nH]ccc2c1. The largest absolute Gasteiger partial charge is 0.361 e. The van der Waals surface area contributed by atoms with Crippen molar-refractivity contribution in [3.05, 3.63) is 72.1 Å². The molecule has 0 spiro atoms. The molecule has 3 heterocycles. The predicted octanol–water partition coefficient (Wildman–Crippen LogP) is 4.74. The first kappa shape index (κ1) is 15.7. The van der Waals surface area contributed by atoms with Crippen LogP contribution < -0.4 is 5.32 Å². The number of nitrogens with one attached hydrogen (secondary N) is 2. The number of hydrogen-bond donors (Lipinski definition) is 2. The molecule has 3 nitrogen and oxygen atoms in total. The van der Waals surface area contributed by atoms with Crippen LogP contribution in [-0.4, -0.2) is 22.1 Å². The lowest BCUT2D eigenvalue weighted by molar-refractivity contribution is 0.345. The van der Waals surface area contributed by atoms with Crippen LogP contribution in [0.3, 0.4) is 0 Å². The van der Waals surface area contributed by atoms with Gasteiger partial charge in [0.05, 0.1) is 0 Å². The Balaban J connectivity index is 0.000000141. The monoisotopic (exact) mass is 343 g/mol. The summed E-state index contributed by atoms with van der Waals surface area (Å²) in [4.78, 5) is 3.12. The zero-order valence-electron chi connectivity index (χ0n) is 15.2. The van der Waals surface area contributed by atoms with Crippen molar-refractivity contribution in [3.63, 3.8) is 0 Å². The summed E-state index contributed by atoms with van der Waals surface area (Å²) in [7, 11) is 2.16. The summed E-state index contributed by atoms with van der Waals surface area (Å²) < 4.78 is 2.28. The highest BCUT2D eigenvalue weighted by Gasteiger charge is 2.32. The van der Waals surface area contributed by atoms with Gasteiger partial charge < -0.3 is 14.9 Å². The fourth-order valence-corrected chi connectivity index (χ4v) is 4.80. The lowest BCUT2D eigenvalue weighted by Gasteiger charge is -2.36. The fourth-order valence-electron chi connectivity index (χ4n) is 4.80. The first-order valence-corrected chi connectivity index (χ1v) is 9.63. The number of rotatable bonds is 0. The third kappa shape index (κ3) is 2.55. The summed E-state index contributed by atoms with van der Waals surface area (Å²) in [5.74, 6) is 0.738. The number of piperidine rings is 1. The van der Waals surface area contributed by atoms with Gasteiger partial charge in [-0.25, -0.2) is 0 Å². The van der Waals surface area contributed by atoms with Gasteiger partial charge in [-0.2, -0.15) is 0 Å². The Hall–Kier alpha value is -2.52. The number of fused-ring (bicyclic) bond motifs is 3. The van der Waals surface area contributed by atoms with Gasteiger partial charge in [0.25, 0.3) is 0 Å². The number of aromatic amines is 1. The number of aromatic nitrogens is 2. The molecule has 2 aromatic heterocycles. The highest BCUT2D eigenvalue weighted by Crippen LogP contribution is 2.41. The molecular formula is C23H25N3. The Morgan fingerprint density at radius 3 is 2.88 bits per heavy atom. The van der Waals surface area contributed by atoms with E-state index >= 15 is 0 Å². The molecule has 132 valence electrons. The van der Waals surface area contributed by atoms with Gasteiger partial charge in [-0.05, 0) is 60.5 Å². The van der Waals surface area contributed by atoms with Crippen LogP contribution in [-0.2, 0) is 13.5 Å². The first-order valence-electron chi connectivity index (χ1n) is 9.63. The standard InChI is InChI=1S/C15H18N2.C8H7N/c1-17-9-10-8-13-11(5-3-7-16-13)12-4-2-6-14(17)15(10)12;1-2-4-8-7(3-1)5-6-9-8/h2,4,6,9,11,13,16H,3,5,7-8H2,1H3;1-6,9H/t11-,13-;/m1./s1. The van der Waals surface area contributed by atoms with Crippen molar-refractivity contribution in [3.8, 4) is 0 Å². The molecule has 4 aromatic rings. The van der Waals surface area contributed by atoms with E-state index in [9.17, 15) is 0 Å². The fraction of sp³-hybridized carbons (Fsp3) is 0.304. The van der Waals surface area contributed by atoms with E-state index in [1.807, 2.05) is 18.3 Å². The number of hydrogen-bond acceptors (Lipinski definition) is 1. The van der Waals surface area contributed by atoms with Crippen molar-refractivity contribution in [2.24, 2.45) is 7.05 Å². The zero-order chi connectivity index (χ0) is 17.5. The van der Waals surface area contributed by atoms with Gasteiger partial charge in [0.2, 0.25) is 0 Å². The van der Waals surface area contributed by atoms with Crippen molar-refractivity contribution >= 4 is 21.8 Å². The summed E-state index contributed by atoms with van der Waals surface area (Å²) in [5, 5.41) is 6.52. The Morgan fingerprint density at radius 1 is 1.04 bits per heavy atom. The van der Waals surface area contributed by atoms with Gasteiger partial charge in [0.15, 0.2) is 0 Å². The zero-order valence-corrected chi connectivity index (χ0v) is 15.2. The number of aryl methyl sites for hydroxylation is 1. The van der Waals surface area contributed by atoms with E-state index in [1.54, 1.807) is 10.9 Å². The normalized spacial score (nSPS) is 21.3. The van der Waals surface area contributed by atoms with Crippen molar-refractivity contribution in [1.82, 2.24) is 14.9 Å². The van der Waals surface area contributed by atoms with Crippen LogP contribution in [0.1, 0.15) is 29.9 Å². The minimum absolute atomic E-state index is 0.671. The highest BCUT2D eigenvalue weighted by molar-refractivity contribution is 5.89. The average Bonchev–Trinajstić information content (AvgIpc) is 3.28. The van der Waals surface area contributed by atoms with Crippen LogP contribution in [0.2, 0.25) is 0 Å². The number of H-pyrrole nitrogens is 1. The molecule has 1 aliphatic heterocycles. The average molecular weight is 343 g/mol. The molecule has 1 fully saturated rings. The topological polar surface area (TPSA) is 32.8 Å². The smallest absolute Gasteiger partial charge is 0.0483 e. The molecule has 6 rings (SSSR count). The predicted molar refractivity (Wildman–Crippen MR) is 109 cm³/mol. The molecule has 2 N–H and O–H groups in total. The van der Waals surface area contributed by atoms with E-state index in [-0.39, 0.29) is 0 Å². The van der Waals surface area contributed by atoms with Crippen LogP contribution >= 0.6 is 0 Å². The van der Waals surface area contributed by atoms with E-state index in [2.05, 4.69) is 64.5 Å². The Morgan fingerprint density at radius 2 is 1.96 bits per heavy atom. The molecule has 26 heavy (non-hydrogen) atoms. The molecule has 2 aliphatic rings. The molecule has 0 saturated carbocycles. The molecule has 1 saturated heterocycles. The molecule has 0 radical (unpaired) electrons. The molecule has 2 aromatic carbocycles. The highest BCUT2D eigenvalue weighted by atomic mass is 15.0. The maximum Gasteiger partial charge on any atom is 0.0483 e. The van der Waals surface area contributed by atoms with Crippen LogP contribution in [0.5, 0.6) is 0 Å². The van der Waals surface area contributed by atoms with E-state index in [0.717, 1.165) is 5.92 Å². The maximum atomic E-state index is 3.70. The summed E-state index contributed by atoms with van der Waals surface area (Å²) in [5.41, 5.74) is 5.73. The summed E-state index contributed by atoms with van der Waals surface area (Å²) in [6, 6.07) is 17.8. The van der Waals surface area contributed by atoms with Crippen LogP contribution in [0.15, 0.2) is 60.9 Å². The van der Waals surface area contributed by atoms with E-state index in [4.69, 9.17) is 0 Å². The van der Waals surface area contributed by atoms with Gasteiger partial charge in [-0.1, -0.05) is 30.3 Å². The van der Waals surface area contributed by atoms with Crippen LogP contribution in [0.4, 0.5) is 0 Å². The van der Waals surface area contributed by atoms with E-state index in [1.165, 1.54) is 47.8 Å². The number of para-hydroxylation sites is 1. The minimum atomic E-state index is 0.671. The first-order chi connectivity index (χ1) is 12.8. The number of benzene rings is 2. The van der Waals surface area contributed by atoms with Crippen molar-refractivity contribution < 1.29 is 0 Å². The van der Waals surface area contributed by atoms with Crippen LogP contribution in [0.25, 0.3) is 21.8 Å². The maximum absolute atomic E-state index is 3.70. The van der Waals surface area contributed by atoms with E-state index < -0.39 is 0 Å². The lowest BCUT2D eigenvalue weighted by Crippen LogP contribution is -2.43. The molecule has 0 bridgehead atoms. The van der Waals surface area contributed by atoms with Crippen molar-refractivity contribution in [2.45, 2.75) is 31.2 Å². The van der Waals surface area contributed by atoms with Gasteiger partial charge in [-0.3, -0.25) is 0 Å². The van der Waals surface area contributed by atoms with E-state index in [0.29, 0.717) is 6.04 Å². The minimum Gasteiger partial charge on any atom is -0.361 e. The molecule has 0 unspecified atom stereocenters. The van der Waals surface area contributed by atoms with Gasteiger partial charge in [0, 0.05) is 47.8 Å². The quantitative estimate of drug-likeness (QED) is 0.475. The Labute approximate surface area is 154 Å². The second kappa shape index (κ2) is 6.33. The third-order valence-corrected chi connectivity index (χ3v) is 6.01. The Kier molecular flexibility index (Phi) is 3.83. The second-order valence-corrected chi connectivity index (χ2v) is 7.58. The summed E-state index contributed by atoms with van der Waals surface area (Å²) in [6.07, 6.45) is 8.15. The van der Waals surface area contributed by atoms with Crippen LogP contribution in [0, 0.1) is 0 Å². The molecule has 1 aliphatic carbocycles.